The molecule has 0 bridgehead atoms. The molecule has 0 saturated heterocycles. The predicted molar refractivity (Wildman–Crippen MR) is 98.9 cm³/mol. The van der Waals surface area contributed by atoms with Crippen molar-refractivity contribution >= 4 is 16.5 Å². The minimum absolute atomic E-state index is 0.288. The Kier molecular flexibility index (Phi) is 3.27. The first-order chi connectivity index (χ1) is 12.7. The van der Waals surface area contributed by atoms with Crippen molar-refractivity contribution in [3.63, 3.8) is 0 Å². The van der Waals surface area contributed by atoms with Crippen LogP contribution in [0, 0.1) is 0 Å². The molecule has 0 aromatic heterocycles. The van der Waals surface area contributed by atoms with E-state index in [9.17, 15) is 0 Å². The van der Waals surface area contributed by atoms with E-state index in [-0.39, 0.29) is 6.79 Å². The summed E-state index contributed by atoms with van der Waals surface area (Å²) in [5.74, 6) is 3.16. The molecular formula is C21H20NO4+. The van der Waals surface area contributed by atoms with Gasteiger partial charge in [0.2, 0.25) is 6.79 Å². The van der Waals surface area contributed by atoms with Crippen molar-refractivity contribution in [3.05, 3.63) is 42.0 Å². The summed E-state index contributed by atoms with van der Waals surface area (Å²) in [6, 6.07) is 12.7. The molecule has 0 spiro atoms. The topological polar surface area (TPSA) is 41.4 Å². The Labute approximate surface area is 151 Å². The second kappa shape index (κ2) is 5.54. The maximum Gasteiger partial charge on any atom is 0.231 e. The van der Waals surface area contributed by atoms with Crippen LogP contribution in [0.3, 0.4) is 0 Å². The first-order valence-corrected chi connectivity index (χ1v) is 8.64. The van der Waals surface area contributed by atoms with Gasteiger partial charge in [0.15, 0.2) is 23.0 Å². The Morgan fingerprint density at radius 1 is 0.885 bits per heavy atom. The zero-order valence-electron chi connectivity index (χ0n) is 15.0. The smallest absolute Gasteiger partial charge is 0.231 e. The molecule has 26 heavy (non-hydrogen) atoms. The minimum atomic E-state index is 0.288. The van der Waals surface area contributed by atoms with E-state index in [0.717, 1.165) is 34.9 Å². The third-order valence-corrected chi connectivity index (χ3v) is 5.29. The fourth-order valence-electron chi connectivity index (χ4n) is 4.09. The number of methoxy groups -OCH3 is 2. The summed E-state index contributed by atoms with van der Waals surface area (Å²) in [4.78, 5) is 1.34. The summed E-state index contributed by atoms with van der Waals surface area (Å²) in [7, 11) is 5.54. The molecule has 3 aromatic rings. The molecule has 0 radical (unpaired) electrons. The molecule has 0 fully saturated rings. The van der Waals surface area contributed by atoms with Crippen LogP contribution in [-0.2, 0) is 6.54 Å². The Balaban J connectivity index is 1.79. The number of benzene rings is 3. The molecule has 5 nitrogen and oxygen atoms in total. The van der Waals surface area contributed by atoms with Crippen LogP contribution in [-0.4, -0.2) is 28.1 Å². The molecule has 5 heteroatoms. The standard InChI is InChI=1S/C21H19NO4/c1-22-10-13-7-17(23-2)18(24-3)8-15(13)14-5-4-12-6-19-20(26-11-25-19)9-16(12)21(14)22/h4-9H,10-11H2,1-3H3/p+1. The third-order valence-electron chi connectivity index (χ3n) is 5.29. The van der Waals surface area contributed by atoms with E-state index >= 15 is 0 Å². The lowest BCUT2D eigenvalue weighted by molar-refractivity contribution is -0.824. The van der Waals surface area contributed by atoms with E-state index in [4.69, 9.17) is 18.9 Å². The van der Waals surface area contributed by atoms with Gasteiger partial charge in [0.05, 0.1) is 21.3 Å². The number of ether oxygens (including phenoxy) is 4. The van der Waals surface area contributed by atoms with Crippen LogP contribution < -0.4 is 23.8 Å². The van der Waals surface area contributed by atoms with E-state index in [0.29, 0.717) is 0 Å². The van der Waals surface area contributed by atoms with Gasteiger partial charge in [-0.3, -0.25) is 0 Å². The lowest BCUT2D eigenvalue weighted by Crippen LogP contribution is -3.03. The maximum absolute atomic E-state index is 5.60. The Bertz CT molecular complexity index is 1040. The van der Waals surface area contributed by atoms with Gasteiger partial charge in [-0.05, 0) is 35.7 Å². The first-order valence-electron chi connectivity index (χ1n) is 8.64. The number of rotatable bonds is 2. The highest BCUT2D eigenvalue weighted by Crippen LogP contribution is 2.44. The molecule has 5 rings (SSSR count). The summed E-state index contributed by atoms with van der Waals surface area (Å²) in [6.45, 7) is 1.17. The molecule has 0 amide bonds. The van der Waals surface area contributed by atoms with Gasteiger partial charge in [-0.1, -0.05) is 6.07 Å². The van der Waals surface area contributed by atoms with E-state index in [2.05, 4.69) is 43.4 Å². The zero-order chi connectivity index (χ0) is 17.8. The average Bonchev–Trinajstić information content (AvgIpc) is 3.12. The Morgan fingerprint density at radius 2 is 1.62 bits per heavy atom. The van der Waals surface area contributed by atoms with Crippen LogP contribution in [0.2, 0.25) is 0 Å². The predicted octanol–water partition coefficient (Wildman–Crippen LogP) is 2.91. The largest absolute Gasteiger partial charge is 0.493 e. The first kappa shape index (κ1) is 15.3. The fraction of sp³-hybridized carbons (Fsp3) is 0.238. The van der Waals surface area contributed by atoms with Gasteiger partial charge < -0.3 is 23.8 Å². The second-order valence-corrected chi connectivity index (χ2v) is 6.74. The number of hydrogen-bond donors (Lipinski definition) is 1. The molecule has 132 valence electrons. The number of quaternary nitrogens is 1. The van der Waals surface area contributed by atoms with Gasteiger partial charge in [0, 0.05) is 22.1 Å². The third kappa shape index (κ3) is 2.07. The monoisotopic (exact) mass is 350 g/mol. The molecule has 1 atom stereocenters. The van der Waals surface area contributed by atoms with Crippen LogP contribution in [0.1, 0.15) is 5.56 Å². The molecule has 2 aliphatic heterocycles. The highest BCUT2D eigenvalue weighted by molar-refractivity contribution is 6.00. The number of nitrogens with one attached hydrogen (secondary N) is 1. The summed E-state index contributed by atoms with van der Waals surface area (Å²) < 4.78 is 22.1. The molecule has 1 unspecified atom stereocenters. The lowest BCUT2D eigenvalue weighted by atomic mass is 9.90. The molecule has 3 aromatic carbocycles. The highest BCUT2D eigenvalue weighted by Gasteiger charge is 2.29. The van der Waals surface area contributed by atoms with Gasteiger partial charge >= 0.3 is 0 Å². The molecule has 2 aliphatic rings. The second-order valence-electron chi connectivity index (χ2n) is 6.74. The normalized spacial score (nSPS) is 17.0. The highest BCUT2D eigenvalue weighted by atomic mass is 16.7. The van der Waals surface area contributed by atoms with Gasteiger partial charge in [0.25, 0.3) is 0 Å². The fourth-order valence-corrected chi connectivity index (χ4v) is 4.09. The van der Waals surface area contributed by atoms with Gasteiger partial charge in [-0.2, -0.15) is 0 Å². The molecule has 0 aliphatic carbocycles. The van der Waals surface area contributed by atoms with E-state index in [1.54, 1.807) is 14.2 Å². The van der Waals surface area contributed by atoms with E-state index in [1.807, 2.05) is 0 Å². The maximum atomic E-state index is 5.60. The van der Waals surface area contributed by atoms with Crippen molar-refractivity contribution < 1.29 is 23.8 Å². The van der Waals surface area contributed by atoms with Gasteiger partial charge in [-0.25, -0.2) is 0 Å². The van der Waals surface area contributed by atoms with Crippen LogP contribution >= 0.6 is 0 Å². The van der Waals surface area contributed by atoms with Crippen molar-refractivity contribution in [1.29, 1.82) is 0 Å². The van der Waals surface area contributed by atoms with Crippen LogP contribution in [0.4, 0.5) is 5.69 Å². The zero-order valence-corrected chi connectivity index (χ0v) is 15.0. The van der Waals surface area contributed by atoms with Crippen LogP contribution in [0.5, 0.6) is 23.0 Å². The molecule has 0 saturated carbocycles. The van der Waals surface area contributed by atoms with Crippen molar-refractivity contribution in [1.82, 2.24) is 0 Å². The van der Waals surface area contributed by atoms with Crippen molar-refractivity contribution in [2.24, 2.45) is 0 Å². The summed E-state index contributed by atoms with van der Waals surface area (Å²) >= 11 is 0. The Morgan fingerprint density at radius 3 is 2.38 bits per heavy atom. The number of hydrogen-bond acceptors (Lipinski definition) is 4. The quantitative estimate of drug-likeness (QED) is 0.772. The SMILES string of the molecule is COc1cc2c(cc1OC)-c1ccc3cc4c(cc3c1[NH+](C)C2)OCO4. The van der Waals surface area contributed by atoms with Gasteiger partial charge in [-0.15, -0.1) is 0 Å². The summed E-state index contributed by atoms with van der Waals surface area (Å²) in [5.41, 5.74) is 4.95. The lowest BCUT2D eigenvalue weighted by Gasteiger charge is -2.27. The van der Waals surface area contributed by atoms with E-state index < -0.39 is 0 Å². The Hall–Kier alpha value is -2.92. The molecular weight excluding hydrogens is 330 g/mol. The van der Waals surface area contributed by atoms with Gasteiger partial charge in [0.1, 0.15) is 12.2 Å². The van der Waals surface area contributed by atoms with E-state index in [1.165, 1.54) is 32.7 Å². The van der Waals surface area contributed by atoms with Crippen molar-refractivity contribution in [3.8, 4) is 34.1 Å². The average molecular weight is 350 g/mol. The number of fused-ring (bicyclic) bond motifs is 6. The molecule has 1 N–H and O–H groups in total. The van der Waals surface area contributed by atoms with Crippen LogP contribution in [0.25, 0.3) is 21.9 Å². The van der Waals surface area contributed by atoms with Crippen molar-refractivity contribution in [2.75, 3.05) is 28.1 Å². The summed E-state index contributed by atoms with van der Waals surface area (Å²) in [6.07, 6.45) is 0. The van der Waals surface area contributed by atoms with Crippen molar-refractivity contribution in [2.45, 2.75) is 6.54 Å². The summed E-state index contributed by atoms with van der Waals surface area (Å²) in [5, 5.41) is 2.36. The molecule has 2 heterocycles. The van der Waals surface area contributed by atoms with Crippen LogP contribution in [0.15, 0.2) is 36.4 Å². The minimum Gasteiger partial charge on any atom is -0.493 e.